The Morgan fingerprint density at radius 2 is 1.93 bits per heavy atom. The molecule has 4 rings (SSSR count). The van der Waals surface area contributed by atoms with Gasteiger partial charge in [-0.25, -0.2) is 4.98 Å². The van der Waals surface area contributed by atoms with Crippen molar-refractivity contribution < 1.29 is 4.79 Å². The lowest BCUT2D eigenvalue weighted by Crippen LogP contribution is -2.45. The van der Waals surface area contributed by atoms with E-state index in [4.69, 9.17) is 0 Å². The van der Waals surface area contributed by atoms with Crippen molar-refractivity contribution >= 4 is 5.91 Å². The molecule has 2 aliphatic rings. The summed E-state index contributed by atoms with van der Waals surface area (Å²) in [4.78, 5) is 21.4. The second-order valence-electron chi connectivity index (χ2n) is 8.14. The zero-order valence-electron chi connectivity index (χ0n) is 16.8. The molecule has 0 spiro atoms. The number of carbonyl (C=O) groups is 1. The third-order valence-corrected chi connectivity index (χ3v) is 6.08. The zero-order valence-corrected chi connectivity index (χ0v) is 16.8. The van der Waals surface area contributed by atoms with Crippen LogP contribution in [0.5, 0.6) is 0 Å². The highest BCUT2D eigenvalue weighted by Gasteiger charge is 2.29. The highest BCUT2D eigenvalue weighted by Crippen LogP contribution is 2.26. The van der Waals surface area contributed by atoms with Gasteiger partial charge >= 0.3 is 0 Å². The van der Waals surface area contributed by atoms with Gasteiger partial charge in [0.15, 0.2) is 5.82 Å². The van der Waals surface area contributed by atoms with Crippen LogP contribution in [0.15, 0.2) is 18.7 Å². The molecule has 0 saturated carbocycles. The number of hydrogen-bond acceptors (Lipinski definition) is 5. The van der Waals surface area contributed by atoms with E-state index < -0.39 is 0 Å². The molecule has 0 unspecified atom stereocenters. The van der Waals surface area contributed by atoms with Gasteiger partial charge in [-0.15, -0.1) is 10.2 Å². The van der Waals surface area contributed by atoms with Gasteiger partial charge in [-0.1, -0.05) is 12.8 Å². The smallest absolute Gasteiger partial charge is 0.236 e. The number of likely N-dealkylation sites (tertiary alicyclic amines) is 2. The quantitative estimate of drug-likeness (QED) is 0.782. The minimum absolute atomic E-state index is 0.260. The maximum absolute atomic E-state index is 12.9. The van der Waals surface area contributed by atoms with E-state index in [9.17, 15) is 4.79 Å². The average molecular weight is 386 g/mol. The molecule has 0 aromatic carbocycles. The lowest BCUT2D eigenvalue weighted by molar-refractivity contribution is -0.133. The van der Waals surface area contributed by atoms with E-state index in [0.717, 1.165) is 50.7 Å². The summed E-state index contributed by atoms with van der Waals surface area (Å²) in [6.07, 6.45) is 12.6. The number of carbonyl (C=O) groups excluding carboxylic acids is 1. The first-order valence-electron chi connectivity index (χ1n) is 10.5. The predicted octanol–water partition coefficient (Wildman–Crippen LogP) is 1.64. The number of aromatic nitrogens is 5. The molecule has 1 amide bonds. The van der Waals surface area contributed by atoms with Gasteiger partial charge in [0.1, 0.15) is 5.82 Å². The monoisotopic (exact) mass is 385 g/mol. The van der Waals surface area contributed by atoms with Gasteiger partial charge in [0.25, 0.3) is 0 Å². The van der Waals surface area contributed by atoms with E-state index in [1.807, 2.05) is 22.7 Å². The second kappa shape index (κ2) is 8.86. The number of piperidine rings is 1. The number of amides is 1. The van der Waals surface area contributed by atoms with E-state index >= 15 is 0 Å². The van der Waals surface area contributed by atoms with Crippen LogP contribution >= 0.6 is 0 Å². The Kier molecular flexibility index (Phi) is 6.04. The van der Waals surface area contributed by atoms with Crippen molar-refractivity contribution in [3.05, 3.63) is 30.4 Å². The largest absolute Gasteiger partial charge is 0.341 e. The second-order valence-corrected chi connectivity index (χ2v) is 8.14. The van der Waals surface area contributed by atoms with E-state index in [0.29, 0.717) is 13.1 Å². The molecule has 1 atom stereocenters. The highest BCUT2D eigenvalue weighted by atomic mass is 16.2. The maximum Gasteiger partial charge on any atom is 0.236 e. The Morgan fingerprint density at radius 3 is 2.68 bits per heavy atom. The third kappa shape index (κ3) is 4.43. The summed E-state index contributed by atoms with van der Waals surface area (Å²) < 4.78 is 4.08. The Hall–Kier alpha value is -2.22. The van der Waals surface area contributed by atoms with E-state index in [2.05, 4.69) is 24.6 Å². The Balaban J connectivity index is 1.38. The van der Waals surface area contributed by atoms with Crippen LogP contribution in [-0.4, -0.2) is 72.7 Å². The van der Waals surface area contributed by atoms with Gasteiger partial charge in [0.2, 0.25) is 5.91 Å². The summed E-state index contributed by atoms with van der Waals surface area (Å²) >= 11 is 0. The predicted molar refractivity (Wildman–Crippen MR) is 106 cm³/mol. The van der Waals surface area contributed by atoms with Crippen molar-refractivity contribution in [2.45, 2.75) is 51.0 Å². The molecule has 0 radical (unpaired) electrons. The molecule has 2 aromatic heterocycles. The first-order valence-corrected chi connectivity index (χ1v) is 10.5. The number of imidazole rings is 1. The SMILES string of the molecule is Cn1c(Cn2ccnc2)nnc1[C@H]1CCCN(C(=O)CN2CCCCCC2)C1. The maximum atomic E-state index is 12.9. The van der Waals surface area contributed by atoms with Crippen LogP contribution in [-0.2, 0) is 18.4 Å². The van der Waals surface area contributed by atoms with Gasteiger partial charge in [0, 0.05) is 38.4 Å². The molecule has 4 heterocycles. The van der Waals surface area contributed by atoms with Crippen LogP contribution < -0.4 is 0 Å². The molecule has 2 saturated heterocycles. The van der Waals surface area contributed by atoms with Crippen LogP contribution in [0.3, 0.4) is 0 Å². The van der Waals surface area contributed by atoms with E-state index in [-0.39, 0.29) is 11.8 Å². The fraction of sp³-hybridized carbons (Fsp3) is 0.700. The summed E-state index contributed by atoms with van der Waals surface area (Å²) in [6, 6.07) is 0. The summed E-state index contributed by atoms with van der Waals surface area (Å²) in [5.41, 5.74) is 0. The van der Waals surface area contributed by atoms with Crippen molar-refractivity contribution in [3.8, 4) is 0 Å². The average Bonchev–Trinajstić information content (AvgIpc) is 3.27. The van der Waals surface area contributed by atoms with Crippen LogP contribution in [0.4, 0.5) is 0 Å². The normalized spacial score (nSPS) is 21.6. The fourth-order valence-electron chi connectivity index (χ4n) is 4.41. The number of rotatable bonds is 5. The molecule has 8 nitrogen and oxygen atoms in total. The molecule has 0 bridgehead atoms. The summed E-state index contributed by atoms with van der Waals surface area (Å²) in [6.45, 7) is 4.96. The standard InChI is InChI=1S/C20H31N7O/c1-24-18(14-26-12-8-21-16-26)22-23-20(24)17-7-6-11-27(13-17)19(28)15-25-9-4-2-3-5-10-25/h8,12,16-17H,2-7,9-11,13-15H2,1H3/t17-/m0/s1. The van der Waals surface area contributed by atoms with Crippen molar-refractivity contribution in [2.75, 3.05) is 32.7 Å². The van der Waals surface area contributed by atoms with Gasteiger partial charge in [-0.3, -0.25) is 9.69 Å². The first kappa shape index (κ1) is 19.1. The minimum Gasteiger partial charge on any atom is -0.341 e. The molecule has 0 aliphatic carbocycles. The molecule has 2 fully saturated rings. The Labute approximate surface area is 166 Å². The van der Waals surface area contributed by atoms with Crippen molar-refractivity contribution in [2.24, 2.45) is 7.05 Å². The fourth-order valence-corrected chi connectivity index (χ4v) is 4.41. The molecule has 2 aliphatic heterocycles. The highest BCUT2D eigenvalue weighted by molar-refractivity contribution is 5.78. The summed E-state index contributed by atoms with van der Waals surface area (Å²) in [5.74, 6) is 2.44. The summed E-state index contributed by atoms with van der Waals surface area (Å²) in [7, 11) is 2.03. The zero-order chi connectivity index (χ0) is 19.3. The van der Waals surface area contributed by atoms with Crippen molar-refractivity contribution in [1.29, 1.82) is 0 Å². The lowest BCUT2D eigenvalue weighted by atomic mass is 9.97. The van der Waals surface area contributed by atoms with Gasteiger partial charge < -0.3 is 14.0 Å². The molecule has 8 heteroatoms. The Morgan fingerprint density at radius 1 is 1.11 bits per heavy atom. The number of nitrogens with zero attached hydrogens (tertiary/aromatic N) is 7. The van der Waals surface area contributed by atoms with Crippen molar-refractivity contribution in [1.82, 2.24) is 34.1 Å². The third-order valence-electron chi connectivity index (χ3n) is 6.08. The number of hydrogen-bond donors (Lipinski definition) is 0. The minimum atomic E-state index is 0.260. The van der Waals surface area contributed by atoms with Crippen LogP contribution in [0.1, 0.15) is 56.1 Å². The van der Waals surface area contributed by atoms with Crippen LogP contribution in [0.2, 0.25) is 0 Å². The topological polar surface area (TPSA) is 72.1 Å². The van der Waals surface area contributed by atoms with Crippen molar-refractivity contribution in [3.63, 3.8) is 0 Å². The summed E-state index contributed by atoms with van der Waals surface area (Å²) in [5, 5.41) is 8.87. The molecular weight excluding hydrogens is 354 g/mol. The molecule has 152 valence electrons. The molecular formula is C20H31N7O. The van der Waals surface area contributed by atoms with Gasteiger partial charge in [-0.2, -0.15) is 0 Å². The van der Waals surface area contributed by atoms with E-state index in [1.165, 1.54) is 25.7 Å². The first-order chi connectivity index (χ1) is 13.7. The molecule has 0 N–H and O–H groups in total. The molecule has 28 heavy (non-hydrogen) atoms. The van der Waals surface area contributed by atoms with Gasteiger partial charge in [-0.05, 0) is 38.8 Å². The Bertz CT molecular complexity index is 762. The lowest BCUT2D eigenvalue weighted by Gasteiger charge is -2.33. The van der Waals surface area contributed by atoms with Crippen LogP contribution in [0, 0.1) is 0 Å². The van der Waals surface area contributed by atoms with E-state index in [1.54, 1.807) is 12.5 Å². The molecule has 2 aromatic rings. The van der Waals surface area contributed by atoms with Gasteiger partial charge in [0.05, 0.1) is 19.4 Å². The van der Waals surface area contributed by atoms with Crippen LogP contribution in [0.25, 0.3) is 0 Å².